The highest BCUT2D eigenvalue weighted by Crippen LogP contribution is 2.38. The molecule has 142 valence electrons. The van der Waals surface area contributed by atoms with Crippen molar-refractivity contribution in [1.82, 2.24) is 9.97 Å². The van der Waals surface area contributed by atoms with Crippen molar-refractivity contribution in [2.45, 2.75) is 33.3 Å². The first-order valence-corrected chi connectivity index (χ1v) is 9.55. The Kier molecular flexibility index (Phi) is 5.40. The second-order valence-corrected chi connectivity index (χ2v) is 8.26. The van der Waals surface area contributed by atoms with Crippen molar-refractivity contribution in [3.8, 4) is 11.3 Å². The Hall–Kier alpha value is -2.18. The normalized spacial score (nSPS) is 13.1. The molecule has 0 spiro atoms. The number of ether oxygens (including phenoxy) is 1. The number of H-pyrrole nitrogens is 1. The van der Waals surface area contributed by atoms with Crippen LogP contribution >= 0.6 is 15.9 Å². The number of rotatable bonds is 6. The molecule has 0 fully saturated rings. The summed E-state index contributed by atoms with van der Waals surface area (Å²) in [5, 5.41) is 10.7. The molecule has 2 aromatic heterocycles. The van der Waals surface area contributed by atoms with Gasteiger partial charge in [-0.25, -0.2) is 0 Å². The molecule has 0 saturated heterocycles. The average molecular weight is 431 g/mol. The number of halogens is 1. The highest BCUT2D eigenvalue weighted by atomic mass is 79.9. The zero-order chi connectivity index (χ0) is 19.8. The summed E-state index contributed by atoms with van der Waals surface area (Å²) >= 11 is 3.53. The number of hydrogen-bond acceptors (Lipinski definition) is 3. The second kappa shape index (κ2) is 7.44. The smallest absolute Gasteiger partial charge is 0.309 e. The van der Waals surface area contributed by atoms with Gasteiger partial charge in [0.25, 0.3) is 0 Å². The quantitative estimate of drug-likeness (QED) is 0.552. The number of aliphatic carboxylic acids is 1. The predicted molar refractivity (Wildman–Crippen MR) is 110 cm³/mol. The Bertz CT molecular complexity index is 994. The summed E-state index contributed by atoms with van der Waals surface area (Å²) < 4.78 is 6.44. The zero-order valence-corrected chi connectivity index (χ0v) is 17.4. The fourth-order valence-corrected chi connectivity index (χ4v) is 3.58. The fraction of sp³-hybridized carbons (Fsp3) is 0.333. The highest BCUT2D eigenvalue weighted by molar-refractivity contribution is 9.10. The van der Waals surface area contributed by atoms with Crippen LogP contribution in [0.3, 0.4) is 0 Å². The van der Waals surface area contributed by atoms with Crippen molar-refractivity contribution in [3.63, 3.8) is 0 Å². The van der Waals surface area contributed by atoms with Gasteiger partial charge in [0.05, 0.1) is 22.9 Å². The number of methoxy groups -OCH3 is 1. The van der Waals surface area contributed by atoms with Gasteiger partial charge in [0.2, 0.25) is 0 Å². The number of nitrogens with zero attached hydrogens (tertiary/aromatic N) is 1. The summed E-state index contributed by atoms with van der Waals surface area (Å²) in [7, 11) is 1.65. The Labute approximate surface area is 166 Å². The molecule has 0 bridgehead atoms. The third kappa shape index (κ3) is 3.77. The van der Waals surface area contributed by atoms with Gasteiger partial charge in [-0.1, -0.05) is 15.9 Å². The third-order valence-corrected chi connectivity index (χ3v) is 5.41. The number of aromatic amines is 1. The topological polar surface area (TPSA) is 75.2 Å². The fourth-order valence-electron chi connectivity index (χ4n) is 3.22. The lowest BCUT2D eigenvalue weighted by Crippen LogP contribution is -2.26. The number of carbonyl (C=O) groups is 1. The van der Waals surface area contributed by atoms with E-state index < -0.39 is 11.4 Å². The molecular weight excluding hydrogens is 408 g/mol. The molecule has 1 aromatic carbocycles. The molecule has 2 heterocycles. The summed E-state index contributed by atoms with van der Waals surface area (Å²) in [4.78, 5) is 19.8. The molecule has 0 amide bonds. The molecule has 6 heteroatoms. The summed E-state index contributed by atoms with van der Waals surface area (Å²) in [6, 6.07) is 9.87. The van der Waals surface area contributed by atoms with Gasteiger partial charge in [-0.15, -0.1) is 0 Å². The van der Waals surface area contributed by atoms with E-state index in [1.165, 1.54) is 0 Å². The molecular formula is C21H23BrN2O3. The number of nitrogens with one attached hydrogen (secondary N) is 1. The van der Waals surface area contributed by atoms with Crippen LogP contribution in [0.1, 0.15) is 38.1 Å². The molecule has 0 aliphatic rings. The molecule has 3 aromatic rings. The number of aromatic nitrogens is 2. The first-order valence-electron chi connectivity index (χ1n) is 8.76. The lowest BCUT2D eigenvalue weighted by Gasteiger charge is -2.21. The summed E-state index contributed by atoms with van der Waals surface area (Å²) in [5.41, 5.74) is 3.67. The molecule has 0 aliphatic heterocycles. The molecule has 1 atom stereocenters. The highest BCUT2D eigenvalue weighted by Gasteiger charge is 2.31. The maximum absolute atomic E-state index is 11.8. The van der Waals surface area contributed by atoms with E-state index in [1.54, 1.807) is 27.2 Å². The first kappa shape index (κ1) is 19.6. The van der Waals surface area contributed by atoms with Gasteiger partial charge in [-0.2, -0.15) is 0 Å². The van der Waals surface area contributed by atoms with Crippen LogP contribution < -0.4 is 0 Å². The second-order valence-electron chi connectivity index (χ2n) is 7.35. The van der Waals surface area contributed by atoms with E-state index in [0.29, 0.717) is 6.42 Å². The Morgan fingerprint density at radius 3 is 2.78 bits per heavy atom. The van der Waals surface area contributed by atoms with E-state index in [0.717, 1.165) is 37.9 Å². The van der Waals surface area contributed by atoms with Crippen LogP contribution in [0, 0.1) is 5.41 Å². The monoisotopic (exact) mass is 430 g/mol. The van der Waals surface area contributed by atoms with E-state index in [1.807, 2.05) is 37.3 Å². The maximum Gasteiger partial charge on any atom is 0.309 e. The van der Waals surface area contributed by atoms with E-state index in [9.17, 15) is 9.90 Å². The molecule has 3 rings (SSSR count). The number of benzene rings is 1. The summed E-state index contributed by atoms with van der Waals surface area (Å²) in [6.07, 6.45) is 1.96. The van der Waals surface area contributed by atoms with Crippen LogP contribution in [0.2, 0.25) is 0 Å². The minimum Gasteiger partial charge on any atom is -0.481 e. The maximum atomic E-state index is 11.8. The van der Waals surface area contributed by atoms with E-state index in [2.05, 4.69) is 25.9 Å². The van der Waals surface area contributed by atoms with Crippen molar-refractivity contribution < 1.29 is 14.6 Å². The summed E-state index contributed by atoms with van der Waals surface area (Å²) in [6.45, 7) is 5.45. The van der Waals surface area contributed by atoms with Crippen LogP contribution in [0.4, 0.5) is 0 Å². The minimum absolute atomic E-state index is 0.181. The Morgan fingerprint density at radius 2 is 2.11 bits per heavy atom. The van der Waals surface area contributed by atoms with Gasteiger partial charge in [-0.05, 0) is 63.1 Å². The van der Waals surface area contributed by atoms with Crippen LogP contribution in [0.25, 0.3) is 22.2 Å². The minimum atomic E-state index is -0.901. The Balaban J connectivity index is 2.28. The van der Waals surface area contributed by atoms with Crippen LogP contribution in [0.5, 0.6) is 0 Å². The van der Waals surface area contributed by atoms with Gasteiger partial charge >= 0.3 is 5.97 Å². The van der Waals surface area contributed by atoms with Crippen molar-refractivity contribution in [2.24, 2.45) is 5.41 Å². The standard InChI is InChI=1S/C21H23BrN2O3/c1-12(27-4)18-14(6-5-9-23-18)19-16(11-21(2,3)20(25)26)15-10-13(22)7-8-17(15)24-19/h5-10,12,24H,11H2,1-4H3,(H,25,26)/t12-/m0/s1. The van der Waals surface area contributed by atoms with Crippen LogP contribution in [-0.2, 0) is 16.0 Å². The van der Waals surface area contributed by atoms with Crippen molar-refractivity contribution >= 4 is 32.8 Å². The van der Waals surface area contributed by atoms with Gasteiger partial charge in [0.15, 0.2) is 0 Å². The van der Waals surface area contributed by atoms with Crippen molar-refractivity contribution in [2.75, 3.05) is 7.11 Å². The van der Waals surface area contributed by atoms with E-state index in [-0.39, 0.29) is 6.10 Å². The molecule has 0 aliphatic carbocycles. The molecule has 0 saturated carbocycles. The lowest BCUT2D eigenvalue weighted by molar-refractivity contribution is -0.146. The largest absolute Gasteiger partial charge is 0.481 e. The van der Waals surface area contributed by atoms with Crippen LogP contribution in [-0.4, -0.2) is 28.2 Å². The first-order chi connectivity index (χ1) is 12.7. The number of pyridine rings is 1. The van der Waals surface area contributed by atoms with Gasteiger partial charge in [0.1, 0.15) is 0 Å². The van der Waals surface area contributed by atoms with Gasteiger partial charge < -0.3 is 14.8 Å². The van der Waals surface area contributed by atoms with Crippen molar-refractivity contribution in [1.29, 1.82) is 0 Å². The van der Waals surface area contributed by atoms with Crippen molar-refractivity contribution in [3.05, 3.63) is 52.3 Å². The molecule has 0 radical (unpaired) electrons. The van der Waals surface area contributed by atoms with E-state index in [4.69, 9.17) is 4.74 Å². The number of carboxylic acid groups (broad SMARTS) is 1. The molecule has 2 N–H and O–H groups in total. The lowest BCUT2D eigenvalue weighted by atomic mass is 9.84. The van der Waals surface area contributed by atoms with Gasteiger partial charge in [-0.3, -0.25) is 9.78 Å². The SMILES string of the molecule is CO[C@@H](C)c1ncccc1-c1[nH]c2ccc(Br)cc2c1CC(C)(C)C(=O)O. The average Bonchev–Trinajstić information content (AvgIpc) is 2.98. The van der Waals surface area contributed by atoms with E-state index >= 15 is 0 Å². The van der Waals surface area contributed by atoms with Gasteiger partial charge in [0, 0.05) is 34.2 Å². The predicted octanol–water partition coefficient (Wildman–Crippen LogP) is 5.35. The van der Waals surface area contributed by atoms with Crippen LogP contribution in [0.15, 0.2) is 41.0 Å². The molecule has 27 heavy (non-hydrogen) atoms. The number of carboxylic acids is 1. The molecule has 5 nitrogen and oxygen atoms in total. The molecule has 0 unspecified atom stereocenters. The number of fused-ring (bicyclic) bond motifs is 1. The Morgan fingerprint density at radius 1 is 1.37 bits per heavy atom. The number of hydrogen-bond donors (Lipinski definition) is 2. The summed E-state index contributed by atoms with van der Waals surface area (Å²) in [5.74, 6) is -0.825. The zero-order valence-electron chi connectivity index (χ0n) is 15.8. The third-order valence-electron chi connectivity index (χ3n) is 4.91.